The topological polar surface area (TPSA) is 59.8 Å². The van der Waals surface area contributed by atoms with Gasteiger partial charge < -0.3 is 23.8 Å². The number of fused-ring (bicyclic) bond motifs is 1. The molecule has 7 heteroatoms. The Morgan fingerprint density at radius 1 is 1.15 bits per heavy atom. The number of ether oxygens (including phenoxy) is 2. The molecule has 0 spiro atoms. The first-order valence-electron chi connectivity index (χ1n) is 12.2. The van der Waals surface area contributed by atoms with Gasteiger partial charge in [-0.3, -0.25) is 0 Å². The summed E-state index contributed by atoms with van der Waals surface area (Å²) >= 11 is 0. The first kappa shape index (κ1) is 22.9. The van der Waals surface area contributed by atoms with Crippen LogP contribution in [0, 0.1) is 12.8 Å². The van der Waals surface area contributed by atoms with Crippen molar-refractivity contribution in [2.75, 3.05) is 58.5 Å². The van der Waals surface area contributed by atoms with E-state index < -0.39 is 0 Å². The average molecular weight is 463 g/mol. The van der Waals surface area contributed by atoms with Gasteiger partial charge in [0.2, 0.25) is 0 Å². The fraction of sp³-hybridized carbons (Fsp3) is 0.481. The zero-order chi connectivity index (χ0) is 23.7. The summed E-state index contributed by atoms with van der Waals surface area (Å²) in [5.74, 6) is 1.28. The van der Waals surface area contributed by atoms with Gasteiger partial charge in [0.25, 0.3) is 0 Å². The molecule has 180 valence electrons. The van der Waals surface area contributed by atoms with E-state index >= 15 is 0 Å². The summed E-state index contributed by atoms with van der Waals surface area (Å²) in [6.45, 7) is 8.67. The van der Waals surface area contributed by atoms with Crippen molar-refractivity contribution in [1.29, 1.82) is 0 Å². The molecule has 0 radical (unpaired) electrons. The molecular formula is C27H34N4O3. The summed E-state index contributed by atoms with van der Waals surface area (Å²) in [4.78, 5) is 22.2. The Morgan fingerprint density at radius 2 is 1.91 bits per heavy atom. The van der Waals surface area contributed by atoms with Crippen LogP contribution in [0.4, 0.5) is 5.82 Å². The van der Waals surface area contributed by atoms with E-state index in [1.54, 1.807) is 0 Å². The minimum Gasteiger partial charge on any atom is -0.465 e. The molecule has 0 atom stereocenters. The van der Waals surface area contributed by atoms with Crippen LogP contribution in [0.5, 0.6) is 0 Å². The lowest BCUT2D eigenvalue weighted by molar-refractivity contribution is 0.0600. The highest BCUT2D eigenvalue weighted by molar-refractivity contribution is 6.04. The molecule has 2 fully saturated rings. The van der Waals surface area contributed by atoms with Crippen molar-refractivity contribution >= 4 is 22.7 Å². The van der Waals surface area contributed by atoms with E-state index in [1.165, 1.54) is 7.11 Å². The highest BCUT2D eigenvalue weighted by atomic mass is 16.5. The van der Waals surface area contributed by atoms with Crippen molar-refractivity contribution in [1.82, 2.24) is 14.5 Å². The van der Waals surface area contributed by atoms with Crippen LogP contribution in [0.2, 0.25) is 0 Å². The number of hydrogen-bond donors (Lipinski definition) is 0. The number of methoxy groups -OCH3 is 1. The summed E-state index contributed by atoms with van der Waals surface area (Å²) in [5.41, 5.74) is 4.71. The van der Waals surface area contributed by atoms with Crippen molar-refractivity contribution in [2.45, 2.75) is 26.3 Å². The highest BCUT2D eigenvalue weighted by Gasteiger charge is 2.22. The summed E-state index contributed by atoms with van der Waals surface area (Å²) < 4.78 is 13.0. The van der Waals surface area contributed by atoms with Crippen LogP contribution in [0.15, 0.2) is 36.7 Å². The first-order valence-corrected chi connectivity index (χ1v) is 12.2. The quantitative estimate of drug-likeness (QED) is 0.535. The largest absolute Gasteiger partial charge is 0.465 e. The lowest BCUT2D eigenvalue weighted by Gasteiger charge is -2.33. The molecule has 2 aliphatic rings. The number of carbonyl (C=O) groups is 1. The lowest BCUT2D eigenvalue weighted by atomic mass is 9.95. The Morgan fingerprint density at radius 3 is 2.59 bits per heavy atom. The fourth-order valence-electron chi connectivity index (χ4n) is 5.25. The van der Waals surface area contributed by atoms with Gasteiger partial charge in [0.05, 0.1) is 18.2 Å². The monoisotopic (exact) mass is 462 g/mol. The summed E-state index contributed by atoms with van der Waals surface area (Å²) in [6, 6.07) is 8.37. The Labute approximate surface area is 201 Å². The van der Waals surface area contributed by atoms with Crippen LogP contribution in [0.1, 0.15) is 28.8 Å². The molecule has 2 aromatic heterocycles. The number of pyridine rings is 1. The molecule has 4 heterocycles. The number of aromatic nitrogens is 2. The van der Waals surface area contributed by atoms with E-state index in [9.17, 15) is 4.79 Å². The van der Waals surface area contributed by atoms with Gasteiger partial charge in [0.15, 0.2) is 0 Å². The zero-order valence-corrected chi connectivity index (χ0v) is 20.4. The number of likely N-dealkylation sites (N-methyl/N-ethyl adjacent to an activating group) is 1. The van der Waals surface area contributed by atoms with E-state index in [0.717, 1.165) is 92.2 Å². The predicted octanol–water partition coefficient (Wildman–Crippen LogP) is 3.98. The van der Waals surface area contributed by atoms with Gasteiger partial charge >= 0.3 is 5.97 Å². The van der Waals surface area contributed by atoms with Gasteiger partial charge in [-0.2, -0.15) is 0 Å². The van der Waals surface area contributed by atoms with Gasteiger partial charge in [-0.1, -0.05) is 0 Å². The number of nitrogens with zero attached hydrogens (tertiary/aromatic N) is 4. The molecule has 0 N–H and O–H groups in total. The van der Waals surface area contributed by atoms with Crippen LogP contribution in [-0.4, -0.2) is 74.0 Å². The van der Waals surface area contributed by atoms with Gasteiger partial charge in [-0.05, 0) is 68.1 Å². The van der Waals surface area contributed by atoms with E-state index in [0.29, 0.717) is 11.5 Å². The van der Waals surface area contributed by atoms with Crippen molar-refractivity contribution in [3.8, 4) is 11.1 Å². The number of rotatable bonds is 5. The van der Waals surface area contributed by atoms with Crippen LogP contribution >= 0.6 is 0 Å². The highest BCUT2D eigenvalue weighted by Crippen LogP contribution is 2.35. The molecule has 1 aromatic carbocycles. The fourth-order valence-corrected chi connectivity index (χ4v) is 5.25. The predicted molar refractivity (Wildman–Crippen MR) is 134 cm³/mol. The number of esters is 1. The minimum atomic E-state index is -0.304. The first-order chi connectivity index (χ1) is 16.5. The van der Waals surface area contributed by atoms with Crippen molar-refractivity contribution in [3.63, 3.8) is 0 Å². The standard InChI is InChI=1S/C27H34N4O3/c1-19-23(27(32)33-3)16-24(21-4-5-25(28-17-21)30-12-10-29(2)11-13-30)22-6-9-31(26(19)22)18-20-7-14-34-15-8-20/h4-6,9,16-17,20H,7-8,10-15,18H2,1-3H3. The SMILES string of the molecule is COC(=O)c1cc(-c2ccc(N3CCN(C)CC3)nc2)c2ccn(CC3CCOCC3)c2c1C. The van der Waals surface area contributed by atoms with E-state index in [2.05, 4.69) is 45.8 Å². The maximum absolute atomic E-state index is 12.7. The van der Waals surface area contributed by atoms with Gasteiger partial charge in [-0.25, -0.2) is 9.78 Å². The van der Waals surface area contributed by atoms with E-state index in [4.69, 9.17) is 14.5 Å². The number of aryl methyl sites for hydroxylation is 1. The van der Waals surface area contributed by atoms with E-state index in [-0.39, 0.29) is 5.97 Å². The molecule has 3 aromatic rings. The van der Waals surface area contributed by atoms with Gasteiger partial charge in [-0.15, -0.1) is 0 Å². The molecule has 5 rings (SSSR count). The molecule has 0 bridgehead atoms. The number of benzene rings is 1. The smallest absolute Gasteiger partial charge is 0.338 e. The zero-order valence-electron chi connectivity index (χ0n) is 20.4. The second kappa shape index (κ2) is 9.76. The molecule has 2 saturated heterocycles. The van der Waals surface area contributed by atoms with Crippen LogP contribution in [-0.2, 0) is 16.0 Å². The molecule has 2 aliphatic heterocycles. The lowest BCUT2D eigenvalue weighted by Crippen LogP contribution is -2.44. The number of piperazine rings is 1. The molecule has 0 saturated carbocycles. The Kier molecular flexibility index (Phi) is 6.57. The molecule has 0 aliphatic carbocycles. The number of anilines is 1. The third-order valence-electron chi connectivity index (χ3n) is 7.39. The second-order valence-corrected chi connectivity index (χ2v) is 9.57. The van der Waals surface area contributed by atoms with Crippen LogP contribution in [0.25, 0.3) is 22.0 Å². The molecule has 0 unspecified atom stereocenters. The summed E-state index contributed by atoms with van der Waals surface area (Å²) in [7, 11) is 3.60. The van der Waals surface area contributed by atoms with Crippen molar-refractivity contribution < 1.29 is 14.3 Å². The Bertz CT molecular complexity index is 1160. The number of hydrogen-bond acceptors (Lipinski definition) is 6. The van der Waals surface area contributed by atoms with Crippen LogP contribution < -0.4 is 4.90 Å². The van der Waals surface area contributed by atoms with Crippen molar-refractivity contribution in [3.05, 3.63) is 47.8 Å². The van der Waals surface area contributed by atoms with Crippen LogP contribution in [0.3, 0.4) is 0 Å². The maximum Gasteiger partial charge on any atom is 0.338 e. The van der Waals surface area contributed by atoms with Crippen molar-refractivity contribution in [2.24, 2.45) is 5.92 Å². The Balaban J connectivity index is 1.53. The molecule has 34 heavy (non-hydrogen) atoms. The second-order valence-electron chi connectivity index (χ2n) is 9.57. The normalized spacial score (nSPS) is 17.9. The van der Waals surface area contributed by atoms with Gasteiger partial charge in [0.1, 0.15) is 5.82 Å². The molecule has 0 amide bonds. The summed E-state index contributed by atoms with van der Waals surface area (Å²) in [6.07, 6.45) is 6.23. The average Bonchev–Trinajstić information content (AvgIpc) is 3.29. The third kappa shape index (κ3) is 4.42. The van der Waals surface area contributed by atoms with E-state index in [1.807, 2.05) is 19.2 Å². The maximum atomic E-state index is 12.7. The number of carbonyl (C=O) groups excluding carboxylic acids is 1. The molecular weight excluding hydrogens is 428 g/mol. The minimum absolute atomic E-state index is 0.304. The molecule has 7 nitrogen and oxygen atoms in total. The van der Waals surface area contributed by atoms with Gasteiger partial charge in [0, 0.05) is 69.3 Å². The third-order valence-corrected chi connectivity index (χ3v) is 7.39. The Hall–Kier alpha value is -2.90. The summed E-state index contributed by atoms with van der Waals surface area (Å²) in [5, 5.41) is 1.14.